The highest BCUT2D eigenvalue weighted by Gasteiger charge is 2.19. The first-order valence-electron chi connectivity index (χ1n) is 8.88. The Morgan fingerprint density at radius 3 is 2.69 bits per heavy atom. The van der Waals surface area contributed by atoms with E-state index in [0.717, 1.165) is 38.4 Å². The molecule has 0 aliphatic carbocycles. The van der Waals surface area contributed by atoms with Crippen LogP contribution in [0.3, 0.4) is 0 Å². The SMILES string of the molecule is CCC(C)C(=N)c1nc(-c2ccc(F)c(Cl)c2)cc(N2CCNCC2)n1. The Morgan fingerprint density at radius 2 is 2.04 bits per heavy atom. The summed E-state index contributed by atoms with van der Waals surface area (Å²) in [5.74, 6) is 0.822. The Bertz CT molecular complexity index is 805. The van der Waals surface area contributed by atoms with Crippen LogP contribution < -0.4 is 10.2 Å². The fourth-order valence-corrected chi connectivity index (χ4v) is 3.02. The summed E-state index contributed by atoms with van der Waals surface area (Å²) in [6, 6.07) is 6.45. The minimum absolute atomic E-state index is 0.0587. The maximum atomic E-state index is 13.5. The number of anilines is 1. The van der Waals surface area contributed by atoms with Crippen molar-refractivity contribution in [3.05, 3.63) is 40.9 Å². The van der Waals surface area contributed by atoms with Crippen molar-refractivity contribution in [3.63, 3.8) is 0 Å². The van der Waals surface area contributed by atoms with Crippen LogP contribution in [0.15, 0.2) is 24.3 Å². The lowest BCUT2D eigenvalue weighted by atomic mass is 10.0. The second kappa shape index (κ2) is 8.10. The van der Waals surface area contributed by atoms with E-state index in [4.69, 9.17) is 17.0 Å². The Balaban J connectivity index is 2.07. The number of benzene rings is 1. The average molecular weight is 376 g/mol. The van der Waals surface area contributed by atoms with Crippen molar-refractivity contribution in [3.8, 4) is 11.3 Å². The molecule has 7 heteroatoms. The van der Waals surface area contributed by atoms with E-state index in [-0.39, 0.29) is 10.9 Å². The van der Waals surface area contributed by atoms with Gasteiger partial charge in [-0.1, -0.05) is 25.4 Å². The Hall–Kier alpha value is -2.05. The molecule has 1 unspecified atom stereocenters. The van der Waals surface area contributed by atoms with Crippen LogP contribution in [-0.2, 0) is 0 Å². The fraction of sp³-hybridized carbons (Fsp3) is 0.421. The van der Waals surface area contributed by atoms with Gasteiger partial charge in [0.05, 0.1) is 16.4 Å². The van der Waals surface area contributed by atoms with Crippen molar-refractivity contribution >= 4 is 23.1 Å². The van der Waals surface area contributed by atoms with Crippen LogP contribution in [0.2, 0.25) is 5.02 Å². The van der Waals surface area contributed by atoms with E-state index in [2.05, 4.69) is 20.2 Å². The van der Waals surface area contributed by atoms with Gasteiger partial charge in [0, 0.05) is 43.7 Å². The lowest BCUT2D eigenvalue weighted by molar-refractivity contribution is 0.584. The molecule has 0 saturated carbocycles. The zero-order valence-corrected chi connectivity index (χ0v) is 15.8. The number of halogens is 2. The molecule has 1 aromatic heterocycles. The van der Waals surface area contributed by atoms with E-state index >= 15 is 0 Å². The molecule has 1 atom stereocenters. The van der Waals surface area contributed by atoms with Crippen molar-refractivity contribution in [2.45, 2.75) is 20.3 Å². The summed E-state index contributed by atoms with van der Waals surface area (Å²) in [6.07, 6.45) is 0.845. The Labute approximate surface area is 158 Å². The van der Waals surface area contributed by atoms with E-state index < -0.39 is 5.82 Å². The zero-order chi connectivity index (χ0) is 18.7. The maximum absolute atomic E-state index is 13.5. The van der Waals surface area contributed by atoms with Gasteiger partial charge in [0.2, 0.25) is 0 Å². The largest absolute Gasteiger partial charge is 0.354 e. The van der Waals surface area contributed by atoms with Crippen LogP contribution >= 0.6 is 11.6 Å². The highest BCUT2D eigenvalue weighted by atomic mass is 35.5. The van der Waals surface area contributed by atoms with Gasteiger partial charge >= 0.3 is 0 Å². The van der Waals surface area contributed by atoms with Crippen molar-refractivity contribution in [2.24, 2.45) is 5.92 Å². The first-order valence-corrected chi connectivity index (χ1v) is 9.26. The topological polar surface area (TPSA) is 64.9 Å². The average Bonchev–Trinajstić information content (AvgIpc) is 2.69. The summed E-state index contributed by atoms with van der Waals surface area (Å²) in [7, 11) is 0. The van der Waals surface area contributed by atoms with Gasteiger partial charge in [-0.15, -0.1) is 0 Å². The van der Waals surface area contributed by atoms with E-state index in [1.165, 1.54) is 6.07 Å². The third kappa shape index (κ3) is 4.02. The molecule has 0 bridgehead atoms. The van der Waals surface area contributed by atoms with Crippen LogP contribution in [0.1, 0.15) is 26.1 Å². The fourth-order valence-electron chi connectivity index (χ4n) is 2.84. The number of nitrogens with one attached hydrogen (secondary N) is 2. The quantitative estimate of drug-likeness (QED) is 0.781. The van der Waals surface area contributed by atoms with Gasteiger partial charge in [-0.2, -0.15) is 0 Å². The molecular formula is C19H23ClFN5. The van der Waals surface area contributed by atoms with Gasteiger partial charge in [0.25, 0.3) is 0 Å². The minimum Gasteiger partial charge on any atom is -0.354 e. The highest BCUT2D eigenvalue weighted by molar-refractivity contribution is 6.31. The van der Waals surface area contributed by atoms with E-state index in [1.54, 1.807) is 12.1 Å². The number of hydrogen-bond donors (Lipinski definition) is 2. The predicted octanol–water partition coefficient (Wildman–Crippen LogP) is 3.76. The number of nitrogens with zero attached hydrogens (tertiary/aromatic N) is 3. The third-order valence-electron chi connectivity index (χ3n) is 4.72. The van der Waals surface area contributed by atoms with Gasteiger partial charge in [-0.3, -0.25) is 0 Å². The number of hydrogen-bond acceptors (Lipinski definition) is 5. The molecule has 1 fully saturated rings. The Morgan fingerprint density at radius 1 is 1.31 bits per heavy atom. The molecule has 26 heavy (non-hydrogen) atoms. The molecule has 3 rings (SSSR count). The zero-order valence-electron chi connectivity index (χ0n) is 15.0. The maximum Gasteiger partial charge on any atom is 0.176 e. The molecule has 1 aliphatic rings. The van der Waals surface area contributed by atoms with Crippen LogP contribution in [0.4, 0.5) is 10.2 Å². The molecular weight excluding hydrogens is 353 g/mol. The number of piperazine rings is 1. The van der Waals surface area contributed by atoms with Crippen LogP contribution in [-0.4, -0.2) is 41.9 Å². The lowest BCUT2D eigenvalue weighted by Gasteiger charge is -2.29. The molecule has 0 spiro atoms. The summed E-state index contributed by atoms with van der Waals surface area (Å²) in [6.45, 7) is 7.50. The van der Waals surface area contributed by atoms with E-state index in [1.807, 2.05) is 19.9 Å². The van der Waals surface area contributed by atoms with E-state index in [9.17, 15) is 4.39 Å². The molecule has 1 saturated heterocycles. The normalized spacial score (nSPS) is 15.8. The summed E-state index contributed by atoms with van der Waals surface area (Å²) < 4.78 is 13.5. The first-order chi connectivity index (χ1) is 12.5. The second-order valence-electron chi connectivity index (χ2n) is 6.52. The Kier molecular flexibility index (Phi) is 5.84. The molecule has 138 valence electrons. The molecule has 2 aromatic rings. The van der Waals surface area contributed by atoms with Crippen molar-refractivity contribution < 1.29 is 4.39 Å². The predicted molar refractivity (Wildman–Crippen MR) is 104 cm³/mol. The van der Waals surface area contributed by atoms with Gasteiger partial charge < -0.3 is 15.6 Å². The van der Waals surface area contributed by atoms with Gasteiger partial charge in [-0.05, 0) is 24.6 Å². The molecule has 0 radical (unpaired) electrons. The smallest absolute Gasteiger partial charge is 0.176 e. The van der Waals surface area contributed by atoms with Crippen LogP contribution in [0.5, 0.6) is 0 Å². The first kappa shape index (κ1) is 18.7. The monoisotopic (exact) mass is 375 g/mol. The molecule has 2 heterocycles. The van der Waals surface area contributed by atoms with Crippen molar-refractivity contribution in [1.82, 2.24) is 15.3 Å². The van der Waals surface area contributed by atoms with Crippen LogP contribution in [0.25, 0.3) is 11.3 Å². The molecule has 2 N–H and O–H groups in total. The molecule has 1 aliphatic heterocycles. The number of rotatable bonds is 5. The van der Waals surface area contributed by atoms with Crippen molar-refractivity contribution in [1.29, 1.82) is 5.41 Å². The summed E-state index contributed by atoms with van der Waals surface area (Å²) in [4.78, 5) is 11.4. The minimum atomic E-state index is -0.459. The van der Waals surface area contributed by atoms with Crippen molar-refractivity contribution in [2.75, 3.05) is 31.1 Å². The molecule has 1 aromatic carbocycles. The van der Waals surface area contributed by atoms with Gasteiger partial charge in [-0.25, -0.2) is 14.4 Å². The van der Waals surface area contributed by atoms with Gasteiger partial charge in [0.1, 0.15) is 11.6 Å². The van der Waals surface area contributed by atoms with Gasteiger partial charge in [0.15, 0.2) is 5.82 Å². The third-order valence-corrected chi connectivity index (χ3v) is 5.00. The summed E-state index contributed by atoms with van der Waals surface area (Å²) >= 11 is 5.95. The highest BCUT2D eigenvalue weighted by Crippen LogP contribution is 2.27. The summed E-state index contributed by atoms with van der Waals surface area (Å²) in [5.41, 5.74) is 1.78. The molecule has 5 nitrogen and oxygen atoms in total. The lowest BCUT2D eigenvalue weighted by Crippen LogP contribution is -2.44. The summed E-state index contributed by atoms with van der Waals surface area (Å²) in [5, 5.41) is 11.8. The number of aromatic nitrogens is 2. The second-order valence-corrected chi connectivity index (χ2v) is 6.93. The van der Waals surface area contributed by atoms with Crippen LogP contribution in [0, 0.1) is 17.1 Å². The standard InChI is InChI=1S/C19H23ClFN5/c1-3-12(2)18(22)19-24-16(13-4-5-15(21)14(20)10-13)11-17(25-19)26-8-6-23-7-9-26/h4-5,10-12,22-23H,3,6-9H2,1-2H3. The van der Waals surface area contributed by atoms with E-state index in [0.29, 0.717) is 22.8 Å². The molecule has 0 amide bonds.